The molecule has 4 nitrogen and oxygen atoms in total. The van der Waals surface area contributed by atoms with E-state index in [2.05, 4.69) is 15.3 Å². The number of aryl methyl sites for hydroxylation is 2. The van der Waals surface area contributed by atoms with Gasteiger partial charge in [-0.25, -0.2) is 4.98 Å². The lowest BCUT2D eigenvalue weighted by Gasteiger charge is -2.02. The summed E-state index contributed by atoms with van der Waals surface area (Å²) in [5.74, 6) is -0.122. The van der Waals surface area contributed by atoms with Gasteiger partial charge >= 0.3 is 0 Å². The third-order valence-corrected chi connectivity index (χ3v) is 3.50. The molecule has 0 aromatic carbocycles. The van der Waals surface area contributed by atoms with Crippen LogP contribution in [0.2, 0.25) is 0 Å². The molecule has 0 radical (unpaired) electrons. The van der Waals surface area contributed by atoms with Gasteiger partial charge in [-0.2, -0.15) is 0 Å². The Balaban J connectivity index is 1.98. The van der Waals surface area contributed by atoms with Crippen LogP contribution in [-0.2, 0) is 6.54 Å². The number of pyridine rings is 1. The number of amides is 1. The summed E-state index contributed by atoms with van der Waals surface area (Å²) in [6.45, 7) is 4.37. The van der Waals surface area contributed by atoms with Crippen molar-refractivity contribution in [3.8, 4) is 0 Å². The highest BCUT2D eigenvalue weighted by Crippen LogP contribution is 2.16. The third kappa shape index (κ3) is 2.88. The summed E-state index contributed by atoms with van der Waals surface area (Å²) in [4.78, 5) is 21.0. The van der Waals surface area contributed by atoms with E-state index in [0.717, 1.165) is 16.1 Å². The van der Waals surface area contributed by atoms with Crippen LogP contribution in [0.4, 0.5) is 0 Å². The summed E-state index contributed by atoms with van der Waals surface area (Å²) in [7, 11) is 0. The maximum Gasteiger partial charge on any atom is 0.280 e. The molecule has 0 aliphatic rings. The van der Waals surface area contributed by atoms with Crippen LogP contribution in [0.25, 0.3) is 0 Å². The van der Waals surface area contributed by atoms with Crippen LogP contribution in [0.5, 0.6) is 0 Å². The molecule has 0 unspecified atom stereocenters. The van der Waals surface area contributed by atoms with E-state index in [4.69, 9.17) is 0 Å². The Hall–Kier alpha value is -1.75. The predicted octanol–water partition coefficient (Wildman–Crippen LogP) is 2.08. The van der Waals surface area contributed by atoms with Gasteiger partial charge in [-0.05, 0) is 31.5 Å². The highest BCUT2D eigenvalue weighted by atomic mass is 32.1. The summed E-state index contributed by atoms with van der Waals surface area (Å²) in [5.41, 5.74) is 1.95. The topological polar surface area (TPSA) is 54.9 Å². The lowest BCUT2D eigenvalue weighted by Crippen LogP contribution is -2.22. The third-order valence-electron chi connectivity index (χ3n) is 2.43. The maximum atomic E-state index is 11.8. The number of thiazole rings is 1. The van der Waals surface area contributed by atoms with Gasteiger partial charge in [0.1, 0.15) is 0 Å². The molecule has 0 atom stereocenters. The molecule has 0 bridgehead atoms. The molecule has 0 fully saturated rings. The smallest absolute Gasteiger partial charge is 0.280 e. The fourth-order valence-corrected chi connectivity index (χ4v) is 2.16. The molecule has 0 spiro atoms. The fraction of sp³-hybridized carbons (Fsp3) is 0.250. The second kappa shape index (κ2) is 5.05. The average Bonchev–Trinajstić information content (AvgIpc) is 2.68. The minimum Gasteiger partial charge on any atom is -0.346 e. The van der Waals surface area contributed by atoms with Crippen LogP contribution in [-0.4, -0.2) is 15.9 Å². The SMILES string of the molecule is Cc1nc(C(=O)NCc2ccncc2)sc1C. The molecule has 2 rings (SSSR count). The van der Waals surface area contributed by atoms with E-state index in [0.29, 0.717) is 11.6 Å². The van der Waals surface area contributed by atoms with E-state index in [1.165, 1.54) is 11.3 Å². The molecule has 0 aliphatic carbocycles. The predicted molar refractivity (Wildman–Crippen MR) is 67.0 cm³/mol. The minimum absolute atomic E-state index is 0.122. The van der Waals surface area contributed by atoms with Crippen molar-refractivity contribution in [3.05, 3.63) is 45.7 Å². The van der Waals surface area contributed by atoms with E-state index in [1.54, 1.807) is 12.4 Å². The second-order valence-corrected chi connectivity index (χ2v) is 4.90. The van der Waals surface area contributed by atoms with E-state index in [9.17, 15) is 4.79 Å². The molecule has 0 aliphatic heterocycles. The van der Waals surface area contributed by atoms with Crippen LogP contribution in [0, 0.1) is 13.8 Å². The van der Waals surface area contributed by atoms with Gasteiger partial charge in [0.25, 0.3) is 5.91 Å². The Morgan fingerprint density at radius 1 is 1.35 bits per heavy atom. The van der Waals surface area contributed by atoms with Crippen molar-refractivity contribution in [2.45, 2.75) is 20.4 Å². The summed E-state index contributed by atoms with van der Waals surface area (Å²) >= 11 is 1.42. The number of aromatic nitrogens is 2. The quantitative estimate of drug-likeness (QED) is 0.903. The van der Waals surface area contributed by atoms with Gasteiger partial charge in [0.2, 0.25) is 0 Å². The van der Waals surface area contributed by atoms with E-state index < -0.39 is 0 Å². The fourth-order valence-electron chi connectivity index (χ4n) is 1.33. The Labute approximate surface area is 104 Å². The first-order chi connectivity index (χ1) is 8.16. The monoisotopic (exact) mass is 247 g/mol. The van der Waals surface area contributed by atoms with Crippen molar-refractivity contribution in [1.82, 2.24) is 15.3 Å². The number of carbonyl (C=O) groups is 1. The lowest BCUT2D eigenvalue weighted by molar-refractivity contribution is 0.0950. The van der Waals surface area contributed by atoms with Crippen LogP contribution < -0.4 is 5.32 Å². The van der Waals surface area contributed by atoms with E-state index in [-0.39, 0.29) is 5.91 Å². The number of rotatable bonds is 3. The molecular formula is C12H13N3OS. The summed E-state index contributed by atoms with van der Waals surface area (Å²) in [5, 5.41) is 3.36. The summed E-state index contributed by atoms with van der Waals surface area (Å²) in [6, 6.07) is 3.75. The number of carbonyl (C=O) groups excluding carboxylic acids is 1. The minimum atomic E-state index is -0.122. The molecule has 5 heteroatoms. The Kier molecular flexibility index (Phi) is 3.49. The van der Waals surface area contributed by atoms with Crippen LogP contribution >= 0.6 is 11.3 Å². The molecule has 17 heavy (non-hydrogen) atoms. The van der Waals surface area contributed by atoms with Gasteiger partial charge in [0.15, 0.2) is 5.01 Å². The van der Waals surface area contributed by atoms with Gasteiger partial charge in [0, 0.05) is 23.8 Å². The average molecular weight is 247 g/mol. The lowest BCUT2D eigenvalue weighted by atomic mass is 10.3. The summed E-state index contributed by atoms with van der Waals surface area (Å²) in [6.07, 6.45) is 3.42. The molecule has 2 aromatic heterocycles. The zero-order valence-electron chi connectivity index (χ0n) is 9.73. The van der Waals surface area contributed by atoms with Crippen molar-refractivity contribution in [1.29, 1.82) is 0 Å². The van der Waals surface area contributed by atoms with Crippen molar-refractivity contribution in [3.63, 3.8) is 0 Å². The van der Waals surface area contributed by atoms with Crippen LogP contribution in [0.15, 0.2) is 24.5 Å². The molecule has 88 valence electrons. The largest absolute Gasteiger partial charge is 0.346 e. The van der Waals surface area contributed by atoms with E-state index in [1.807, 2.05) is 26.0 Å². The normalized spacial score (nSPS) is 10.2. The van der Waals surface area contributed by atoms with Gasteiger partial charge in [-0.15, -0.1) is 11.3 Å². The number of nitrogens with one attached hydrogen (secondary N) is 1. The van der Waals surface area contributed by atoms with Gasteiger partial charge in [0.05, 0.1) is 5.69 Å². The highest BCUT2D eigenvalue weighted by molar-refractivity contribution is 7.13. The Morgan fingerprint density at radius 2 is 2.06 bits per heavy atom. The standard InChI is InChI=1S/C12H13N3OS/c1-8-9(2)17-12(15-8)11(16)14-7-10-3-5-13-6-4-10/h3-6H,7H2,1-2H3,(H,14,16). The van der Waals surface area contributed by atoms with Crippen molar-refractivity contribution in [2.24, 2.45) is 0 Å². The molecule has 0 saturated carbocycles. The molecule has 2 heterocycles. The zero-order chi connectivity index (χ0) is 12.3. The number of nitrogens with zero attached hydrogens (tertiary/aromatic N) is 2. The molecule has 0 saturated heterocycles. The zero-order valence-corrected chi connectivity index (χ0v) is 10.5. The van der Waals surface area contributed by atoms with Crippen molar-refractivity contribution in [2.75, 3.05) is 0 Å². The van der Waals surface area contributed by atoms with Crippen molar-refractivity contribution >= 4 is 17.2 Å². The van der Waals surface area contributed by atoms with Gasteiger partial charge in [-0.3, -0.25) is 9.78 Å². The second-order valence-electron chi connectivity index (χ2n) is 3.70. The van der Waals surface area contributed by atoms with Gasteiger partial charge in [-0.1, -0.05) is 0 Å². The molecule has 1 N–H and O–H groups in total. The van der Waals surface area contributed by atoms with Crippen LogP contribution in [0.1, 0.15) is 25.9 Å². The Morgan fingerprint density at radius 3 is 2.65 bits per heavy atom. The Bertz CT molecular complexity index is 502. The highest BCUT2D eigenvalue weighted by Gasteiger charge is 2.11. The first kappa shape index (κ1) is 11.7. The molecule has 2 aromatic rings. The number of hydrogen-bond acceptors (Lipinski definition) is 4. The van der Waals surface area contributed by atoms with Crippen LogP contribution in [0.3, 0.4) is 0 Å². The first-order valence-electron chi connectivity index (χ1n) is 5.28. The molecular weight excluding hydrogens is 234 g/mol. The van der Waals surface area contributed by atoms with Gasteiger partial charge < -0.3 is 5.32 Å². The van der Waals surface area contributed by atoms with E-state index >= 15 is 0 Å². The summed E-state index contributed by atoms with van der Waals surface area (Å²) < 4.78 is 0. The first-order valence-corrected chi connectivity index (χ1v) is 6.09. The van der Waals surface area contributed by atoms with Crippen molar-refractivity contribution < 1.29 is 4.79 Å². The maximum absolute atomic E-state index is 11.8. The number of hydrogen-bond donors (Lipinski definition) is 1. The molecule has 1 amide bonds.